The van der Waals surface area contributed by atoms with E-state index in [0.29, 0.717) is 0 Å². The summed E-state index contributed by atoms with van der Waals surface area (Å²) < 4.78 is 0. The molecule has 24 heavy (non-hydrogen) atoms. The van der Waals surface area contributed by atoms with Crippen LogP contribution in [0.15, 0.2) is 24.3 Å². The van der Waals surface area contributed by atoms with Gasteiger partial charge in [-0.05, 0) is 13.8 Å². The normalized spacial score (nSPS) is 7.00. The summed E-state index contributed by atoms with van der Waals surface area (Å²) >= 11 is 0. The predicted molar refractivity (Wildman–Crippen MR) is 86.6 cm³/mol. The highest BCUT2D eigenvalue weighted by molar-refractivity contribution is 5.85. The number of carboxylic acid groups (broad SMARTS) is 2. The topological polar surface area (TPSA) is 253 Å². The SMILES string of the molecule is C=C(C)C(=O)O.C=C(C)C(=O)O.NC(N)=O.NC(N)=O.OCCO. The molecule has 0 saturated heterocycles. The summed E-state index contributed by atoms with van der Waals surface area (Å²) in [6.45, 7) is 8.95. The van der Waals surface area contributed by atoms with E-state index in [0.717, 1.165) is 0 Å². The number of nitrogens with two attached hydrogens (primary N) is 4. The average molecular weight is 354 g/mol. The number of aliphatic hydroxyl groups is 2. The van der Waals surface area contributed by atoms with Crippen molar-refractivity contribution in [2.45, 2.75) is 13.8 Å². The summed E-state index contributed by atoms with van der Waals surface area (Å²) in [5, 5.41) is 31.0. The highest BCUT2D eigenvalue weighted by Gasteiger charge is 1.90. The van der Waals surface area contributed by atoms with Gasteiger partial charge in [-0.15, -0.1) is 0 Å². The second kappa shape index (κ2) is 24.9. The van der Waals surface area contributed by atoms with Crippen LogP contribution in [0.2, 0.25) is 0 Å². The van der Waals surface area contributed by atoms with Crippen molar-refractivity contribution in [3.63, 3.8) is 0 Å². The number of primary amides is 4. The van der Waals surface area contributed by atoms with Crippen molar-refractivity contribution in [1.29, 1.82) is 0 Å². The van der Waals surface area contributed by atoms with Crippen LogP contribution in [0.3, 0.4) is 0 Å². The molecule has 142 valence electrons. The Morgan fingerprint density at radius 1 is 0.708 bits per heavy atom. The molecular formula is C12H26N4O8. The molecule has 0 bridgehead atoms. The van der Waals surface area contributed by atoms with Crippen LogP contribution in [0.25, 0.3) is 0 Å². The fraction of sp³-hybridized carbons (Fsp3) is 0.333. The Labute approximate surface area is 139 Å². The van der Waals surface area contributed by atoms with Crippen molar-refractivity contribution >= 4 is 24.0 Å². The predicted octanol–water partition coefficient (Wildman–Crippen LogP) is -1.69. The number of amides is 4. The van der Waals surface area contributed by atoms with Crippen molar-refractivity contribution in [1.82, 2.24) is 0 Å². The first-order valence-electron chi connectivity index (χ1n) is 5.76. The molecule has 0 atom stereocenters. The summed E-state index contributed by atoms with van der Waals surface area (Å²) in [4.78, 5) is 37.2. The third kappa shape index (κ3) is 175. The number of rotatable bonds is 3. The first-order valence-corrected chi connectivity index (χ1v) is 5.76. The van der Waals surface area contributed by atoms with Gasteiger partial charge in [0.2, 0.25) is 0 Å². The van der Waals surface area contributed by atoms with Crippen LogP contribution in [0.1, 0.15) is 13.8 Å². The summed E-state index contributed by atoms with van der Waals surface area (Å²) in [5.74, 6) is -1.87. The zero-order valence-electron chi connectivity index (χ0n) is 13.6. The Morgan fingerprint density at radius 2 is 0.792 bits per heavy atom. The second-order valence-electron chi connectivity index (χ2n) is 3.42. The molecule has 0 aromatic carbocycles. The first-order chi connectivity index (χ1) is 10.7. The molecule has 0 saturated carbocycles. The number of hydrogen-bond acceptors (Lipinski definition) is 6. The Bertz CT molecular complexity index is 340. The largest absolute Gasteiger partial charge is 0.478 e. The zero-order valence-corrected chi connectivity index (χ0v) is 13.6. The molecule has 0 aromatic heterocycles. The van der Waals surface area contributed by atoms with Gasteiger partial charge in [-0.1, -0.05) is 13.2 Å². The van der Waals surface area contributed by atoms with Crippen molar-refractivity contribution in [3.05, 3.63) is 24.3 Å². The lowest BCUT2D eigenvalue weighted by Gasteiger charge is -1.79. The molecule has 0 unspecified atom stereocenters. The highest BCUT2D eigenvalue weighted by Crippen LogP contribution is 1.81. The van der Waals surface area contributed by atoms with Crippen LogP contribution >= 0.6 is 0 Å². The molecule has 0 rings (SSSR count). The molecule has 0 heterocycles. The molecule has 12 heteroatoms. The van der Waals surface area contributed by atoms with Gasteiger partial charge in [0.25, 0.3) is 0 Å². The smallest absolute Gasteiger partial charge is 0.330 e. The van der Waals surface area contributed by atoms with Gasteiger partial charge >= 0.3 is 24.0 Å². The summed E-state index contributed by atoms with van der Waals surface area (Å²) in [5.41, 5.74) is 17.4. The molecule has 0 aromatic rings. The maximum absolute atomic E-state index is 9.60. The van der Waals surface area contributed by atoms with Crippen LogP contribution in [0.5, 0.6) is 0 Å². The summed E-state index contributed by atoms with van der Waals surface area (Å²) in [6.07, 6.45) is 0. The fourth-order valence-corrected chi connectivity index (χ4v) is 0. The maximum Gasteiger partial charge on any atom is 0.330 e. The lowest BCUT2D eigenvalue weighted by atomic mass is 10.4. The van der Waals surface area contributed by atoms with Crippen LogP contribution in [-0.2, 0) is 9.59 Å². The third-order valence-electron chi connectivity index (χ3n) is 0.830. The average Bonchev–Trinajstić information content (AvgIpc) is 2.38. The molecule has 12 nitrogen and oxygen atoms in total. The quantitative estimate of drug-likeness (QED) is 0.270. The Morgan fingerprint density at radius 3 is 0.792 bits per heavy atom. The molecular weight excluding hydrogens is 328 g/mol. The van der Waals surface area contributed by atoms with Gasteiger partial charge in [0.1, 0.15) is 0 Å². The van der Waals surface area contributed by atoms with E-state index in [1.54, 1.807) is 0 Å². The molecule has 0 fully saturated rings. The van der Waals surface area contributed by atoms with Gasteiger partial charge in [0.05, 0.1) is 13.2 Å². The standard InChI is InChI=1S/2C4H6O2.C2H6O2.2CH4N2O/c2*1-3(2)4(5)6;3-1-2-4;2*2-1(3)4/h2*1H2,2H3,(H,5,6);3-4H,1-2H2;2*(H4,2,3,4). The minimum Gasteiger partial charge on any atom is -0.478 e. The molecule has 0 spiro atoms. The minimum absolute atomic E-state index is 0.125. The van der Waals surface area contributed by atoms with Crippen LogP contribution < -0.4 is 22.9 Å². The van der Waals surface area contributed by atoms with Gasteiger partial charge in [-0.25, -0.2) is 19.2 Å². The lowest BCUT2D eigenvalue weighted by molar-refractivity contribution is -0.133. The lowest BCUT2D eigenvalue weighted by Crippen LogP contribution is -2.18. The summed E-state index contributed by atoms with van der Waals surface area (Å²) in [7, 11) is 0. The van der Waals surface area contributed by atoms with Crippen molar-refractivity contribution in [2.75, 3.05) is 13.2 Å². The highest BCUT2D eigenvalue weighted by atomic mass is 16.4. The van der Waals surface area contributed by atoms with Crippen LogP contribution in [0, 0.1) is 0 Å². The third-order valence-corrected chi connectivity index (χ3v) is 0.830. The number of carboxylic acids is 2. The zero-order chi connectivity index (χ0) is 20.9. The Balaban J connectivity index is -0.0000000637. The molecule has 0 radical (unpaired) electrons. The van der Waals surface area contributed by atoms with Gasteiger partial charge in [-0.2, -0.15) is 0 Å². The molecule has 0 aliphatic rings. The van der Waals surface area contributed by atoms with Gasteiger partial charge < -0.3 is 43.4 Å². The van der Waals surface area contributed by atoms with Crippen molar-refractivity contribution in [3.8, 4) is 0 Å². The molecule has 4 amide bonds. The second-order valence-corrected chi connectivity index (χ2v) is 3.42. The van der Waals surface area contributed by atoms with Crippen molar-refractivity contribution < 1.29 is 39.6 Å². The van der Waals surface area contributed by atoms with E-state index in [1.165, 1.54) is 13.8 Å². The van der Waals surface area contributed by atoms with E-state index in [9.17, 15) is 9.59 Å². The number of carbonyl (C=O) groups is 4. The molecule has 12 N–H and O–H groups in total. The van der Waals surface area contributed by atoms with E-state index in [1.807, 2.05) is 0 Å². The number of hydrogen-bond donors (Lipinski definition) is 8. The fourth-order valence-electron chi connectivity index (χ4n) is 0. The van der Waals surface area contributed by atoms with E-state index in [2.05, 4.69) is 36.1 Å². The van der Waals surface area contributed by atoms with Crippen LogP contribution in [-0.4, -0.2) is 57.6 Å². The molecule has 0 aliphatic carbocycles. The van der Waals surface area contributed by atoms with E-state index >= 15 is 0 Å². The number of urea groups is 2. The van der Waals surface area contributed by atoms with Crippen molar-refractivity contribution in [2.24, 2.45) is 22.9 Å². The van der Waals surface area contributed by atoms with E-state index in [-0.39, 0.29) is 24.4 Å². The first kappa shape index (κ1) is 32.7. The van der Waals surface area contributed by atoms with Crippen LogP contribution in [0.4, 0.5) is 9.59 Å². The Kier molecular flexibility index (Phi) is 33.9. The van der Waals surface area contributed by atoms with E-state index < -0.39 is 24.0 Å². The Hall–Kier alpha value is -3.12. The van der Waals surface area contributed by atoms with Gasteiger partial charge in [0.15, 0.2) is 0 Å². The molecule has 0 aliphatic heterocycles. The maximum atomic E-state index is 9.60. The monoisotopic (exact) mass is 354 g/mol. The number of aliphatic hydroxyl groups excluding tert-OH is 2. The number of aliphatic carboxylic acids is 2. The van der Waals surface area contributed by atoms with Gasteiger partial charge in [0, 0.05) is 11.1 Å². The minimum atomic E-state index is -0.935. The number of carbonyl (C=O) groups excluding carboxylic acids is 2. The summed E-state index contributed by atoms with van der Waals surface area (Å²) in [6, 6.07) is -1.67. The van der Waals surface area contributed by atoms with E-state index in [4.69, 9.17) is 30.0 Å². The van der Waals surface area contributed by atoms with Gasteiger partial charge in [-0.3, -0.25) is 0 Å².